The molecule has 1 saturated heterocycles. The third-order valence-electron chi connectivity index (χ3n) is 5.18. The molecule has 0 unspecified atom stereocenters. The van der Waals surface area contributed by atoms with Crippen molar-refractivity contribution in [2.75, 3.05) is 76.1 Å². The number of hydrogen-bond acceptors (Lipinski definition) is 6. The first-order valence-corrected chi connectivity index (χ1v) is 10.8. The summed E-state index contributed by atoms with van der Waals surface area (Å²) in [5.74, 6) is -0.544. The Morgan fingerprint density at radius 1 is 0.818 bits per heavy atom. The van der Waals surface area contributed by atoms with Gasteiger partial charge in [-0.05, 0) is 55.6 Å². The molecule has 9 nitrogen and oxygen atoms in total. The number of hydrogen-bond donors (Lipinski definition) is 2. The van der Waals surface area contributed by atoms with Crippen molar-refractivity contribution >= 4 is 34.8 Å². The molecule has 1 fully saturated rings. The molecule has 9 heteroatoms. The van der Waals surface area contributed by atoms with Crippen LogP contribution in [0.25, 0.3) is 0 Å². The second-order valence-electron chi connectivity index (χ2n) is 8.19. The largest absolute Gasteiger partial charge is 0.378 e. The molecule has 1 heterocycles. The molecule has 0 saturated carbocycles. The average molecular weight is 454 g/mol. The Kier molecular flexibility index (Phi) is 8.39. The quantitative estimate of drug-likeness (QED) is 0.632. The number of nitrogens with zero attached hydrogens (tertiary/aromatic N) is 3. The number of likely N-dealkylation sites (N-methyl/N-ethyl adjacent to an activating group) is 1. The predicted octanol–water partition coefficient (Wildman–Crippen LogP) is 1.73. The van der Waals surface area contributed by atoms with Crippen LogP contribution >= 0.6 is 0 Å². The van der Waals surface area contributed by atoms with Gasteiger partial charge in [0.15, 0.2) is 0 Å². The van der Waals surface area contributed by atoms with Gasteiger partial charge < -0.3 is 25.2 Å². The summed E-state index contributed by atoms with van der Waals surface area (Å²) >= 11 is 0. The van der Waals surface area contributed by atoms with Gasteiger partial charge in [-0.3, -0.25) is 19.3 Å². The van der Waals surface area contributed by atoms with E-state index in [1.165, 1.54) is 4.90 Å². The SMILES string of the molecule is CN(CC(=O)Nc1ccc(C(=O)N(C)C)cc1)CC(=O)Nc1ccc(N2CCOCC2)cc1. The highest BCUT2D eigenvalue weighted by molar-refractivity contribution is 5.96. The Labute approximate surface area is 194 Å². The molecule has 0 aliphatic carbocycles. The lowest BCUT2D eigenvalue weighted by Gasteiger charge is -2.28. The molecule has 2 aromatic rings. The van der Waals surface area contributed by atoms with Crippen molar-refractivity contribution in [3.8, 4) is 0 Å². The summed E-state index contributed by atoms with van der Waals surface area (Å²) in [6, 6.07) is 14.4. The van der Waals surface area contributed by atoms with Crippen molar-refractivity contribution in [2.24, 2.45) is 0 Å². The smallest absolute Gasteiger partial charge is 0.253 e. The van der Waals surface area contributed by atoms with E-state index in [-0.39, 0.29) is 30.8 Å². The van der Waals surface area contributed by atoms with E-state index in [2.05, 4.69) is 15.5 Å². The van der Waals surface area contributed by atoms with Gasteiger partial charge in [-0.1, -0.05) is 0 Å². The van der Waals surface area contributed by atoms with Crippen LogP contribution in [0.5, 0.6) is 0 Å². The molecule has 2 N–H and O–H groups in total. The standard InChI is InChI=1S/C24H31N5O4/c1-27(2)24(32)18-4-6-19(7-5-18)25-22(30)16-28(3)17-23(31)26-20-8-10-21(11-9-20)29-12-14-33-15-13-29/h4-11H,12-17H2,1-3H3,(H,25,30)(H,26,31). The van der Waals surface area contributed by atoms with Gasteiger partial charge in [-0.25, -0.2) is 0 Å². The number of nitrogens with one attached hydrogen (secondary N) is 2. The van der Waals surface area contributed by atoms with Crippen LogP contribution in [0.4, 0.5) is 17.1 Å². The third-order valence-corrected chi connectivity index (χ3v) is 5.18. The summed E-state index contributed by atoms with van der Waals surface area (Å²) < 4.78 is 5.37. The highest BCUT2D eigenvalue weighted by Gasteiger charge is 2.14. The van der Waals surface area contributed by atoms with Crippen LogP contribution in [-0.2, 0) is 14.3 Å². The van der Waals surface area contributed by atoms with Gasteiger partial charge in [0, 0.05) is 49.8 Å². The zero-order valence-electron chi connectivity index (χ0n) is 19.3. The van der Waals surface area contributed by atoms with E-state index in [9.17, 15) is 14.4 Å². The topological polar surface area (TPSA) is 94.2 Å². The van der Waals surface area contributed by atoms with Gasteiger partial charge >= 0.3 is 0 Å². The van der Waals surface area contributed by atoms with E-state index >= 15 is 0 Å². The fourth-order valence-electron chi connectivity index (χ4n) is 3.48. The van der Waals surface area contributed by atoms with Gasteiger partial charge in [0.2, 0.25) is 11.8 Å². The minimum Gasteiger partial charge on any atom is -0.378 e. The lowest BCUT2D eigenvalue weighted by Crippen LogP contribution is -2.36. The third kappa shape index (κ3) is 7.30. The van der Waals surface area contributed by atoms with Crippen molar-refractivity contribution in [3.05, 3.63) is 54.1 Å². The maximum Gasteiger partial charge on any atom is 0.253 e. The van der Waals surface area contributed by atoms with E-state index < -0.39 is 0 Å². The molecule has 3 amide bonds. The van der Waals surface area contributed by atoms with Gasteiger partial charge in [0.25, 0.3) is 5.91 Å². The zero-order chi connectivity index (χ0) is 23.8. The van der Waals surface area contributed by atoms with Crippen LogP contribution in [0.2, 0.25) is 0 Å². The lowest BCUT2D eigenvalue weighted by atomic mass is 10.2. The molecule has 1 aliphatic rings. The Morgan fingerprint density at radius 2 is 1.30 bits per heavy atom. The number of rotatable bonds is 8. The highest BCUT2D eigenvalue weighted by atomic mass is 16.5. The zero-order valence-corrected chi connectivity index (χ0v) is 19.3. The highest BCUT2D eigenvalue weighted by Crippen LogP contribution is 2.19. The number of carbonyl (C=O) groups excluding carboxylic acids is 3. The number of morpholine rings is 1. The molecule has 1 aliphatic heterocycles. The molecule has 0 atom stereocenters. The molecular formula is C24H31N5O4. The van der Waals surface area contributed by atoms with Crippen molar-refractivity contribution in [1.82, 2.24) is 9.80 Å². The van der Waals surface area contributed by atoms with E-state index in [1.54, 1.807) is 50.3 Å². The minimum absolute atomic E-state index is 0.0573. The van der Waals surface area contributed by atoms with Gasteiger partial charge in [0.05, 0.1) is 26.3 Å². The second kappa shape index (κ2) is 11.4. The molecule has 3 rings (SSSR count). The van der Waals surface area contributed by atoms with Crippen LogP contribution in [0.15, 0.2) is 48.5 Å². The number of ether oxygens (including phenoxy) is 1. The summed E-state index contributed by atoms with van der Waals surface area (Å²) in [6.07, 6.45) is 0. The summed E-state index contributed by atoms with van der Waals surface area (Å²) in [6.45, 7) is 3.30. The first-order chi connectivity index (χ1) is 15.8. The summed E-state index contributed by atoms with van der Waals surface area (Å²) in [4.78, 5) is 42.0. The van der Waals surface area contributed by atoms with Crippen molar-refractivity contribution in [1.29, 1.82) is 0 Å². The van der Waals surface area contributed by atoms with E-state index in [1.807, 2.05) is 24.3 Å². The van der Waals surface area contributed by atoms with Crippen LogP contribution < -0.4 is 15.5 Å². The fraction of sp³-hybridized carbons (Fsp3) is 0.375. The lowest BCUT2D eigenvalue weighted by molar-refractivity contribution is -0.119. The van der Waals surface area contributed by atoms with Gasteiger partial charge in [0.1, 0.15) is 0 Å². The van der Waals surface area contributed by atoms with Crippen LogP contribution in [0.3, 0.4) is 0 Å². The maximum atomic E-state index is 12.4. The molecule has 0 radical (unpaired) electrons. The summed E-state index contributed by atoms with van der Waals surface area (Å²) in [5.41, 5.74) is 2.95. The van der Waals surface area contributed by atoms with Gasteiger partial charge in [-0.2, -0.15) is 0 Å². The molecule has 33 heavy (non-hydrogen) atoms. The molecule has 0 spiro atoms. The Morgan fingerprint density at radius 3 is 1.79 bits per heavy atom. The van der Waals surface area contributed by atoms with Crippen molar-refractivity contribution in [2.45, 2.75) is 0 Å². The Balaban J connectivity index is 1.43. The van der Waals surface area contributed by atoms with Crippen LogP contribution in [0.1, 0.15) is 10.4 Å². The molecule has 0 bridgehead atoms. The van der Waals surface area contributed by atoms with E-state index in [0.29, 0.717) is 16.9 Å². The second-order valence-corrected chi connectivity index (χ2v) is 8.19. The monoisotopic (exact) mass is 453 g/mol. The number of carbonyl (C=O) groups is 3. The average Bonchev–Trinajstić information content (AvgIpc) is 2.79. The first-order valence-electron chi connectivity index (χ1n) is 10.8. The summed E-state index contributed by atoms with van der Waals surface area (Å²) in [5, 5.41) is 5.64. The van der Waals surface area contributed by atoms with Crippen molar-refractivity contribution < 1.29 is 19.1 Å². The molecule has 176 valence electrons. The van der Waals surface area contributed by atoms with Crippen LogP contribution in [-0.4, -0.2) is 88.1 Å². The molecule has 2 aromatic carbocycles. The Hall–Kier alpha value is -3.43. The first kappa shape index (κ1) is 24.2. The van der Waals surface area contributed by atoms with Crippen molar-refractivity contribution in [3.63, 3.8) is 0 Å². The van der Waals surface area contributed by atoms with Crippen LogP contribution in [0, 0.1) is 0 Å². The van der Waals surface area contributed by atoms with Gasteiger partial charge in [-0.15, -0.1) is 0 Å². The minimum atomic E-state index is -0.244. The molecular weight excluding hydrogens is 422 g/mol. The summed E-state index contributed by atoms with van der Waals surface area (Å²) in [7, 11) is 5.08. The molecule has 0 aromatic heterocycles. The predicted molar refractivity (Wildman–Crippen MR) is 129 cm³/mol. The number of benzene rings is 2. The number of anilines is 3. The van der Waals surface area contributed by atoms with E-state index in [0.717, 1.165) is 32.0 Å². The fourth-order valence-corrected chi connectivity index (χ4v) is 3.48. The van der Waals surface area contributed by atoms with E-state index in [4.69, 9.17) is 4.74 Å². The normalized spacial score (nSPS) is 13.5. The number of amides is 3. The maximum absolute atomic E-state index is 12.4. The Bertz CT molecular complexity index is 954.